The number of nitrogens with zero attached hydrogens (tertiary/aromatic N) is 1. The number of nitrogens with one attached hydrogen (secondary N) is 1. The van der Waals surface area contributed by atoms with Crippen molar-refractivity contribution in [3.8, 4) is 5.75 Å². The van der Waals surface area contributed by atoms with Crippen LogP contribution < -0.4 is 14.4 Å². The summed E-state index contributed by atoms with van der Waals surface area (Å²) in [7, 11) is -1.79. The van der Waals surface area contributed by atoms with Crippen LogP contribution in [0.15, 0.2) is 53.4 Å². The minimum atomic E-state index is -3.37. The molecule has 150 valence electrons. The summed E-state index contributed by atoms with van der Waals surface area (Å²) in [5.74, 6) is 0.227. The predicted octanol–water partition coefficient (Wildman–Crippen LogP) is 1.79. The van der Waals surface area contributed by atoms with E-state index in [2.05, 4.69) is 4.72 Å². The molecule has 0 aliphatic carbocycles. The molecule has 2 aromatic carbocycles. The van der Waals surface area contributed by atoms with Gasteiger partial charge in [-0.3, -0.25) is 4.79 Å². The lowest BCUT2D eigenvalue weighted by Gasteiger charge is -2.25. The zero-order chi connectivity index (χ0) is 20.3. The van der Waals surface area contributed by atoms with Crippen molar-refractivity contribution in [1.82, 2.24) is 4.72 Å². The molecule has 0 saturated carbocycles. The Kier molecular flexibility index (Phi) is 6.29. The average molecular weight is 423 g/mol. The van der Waals surface area contributed by atoms with Gasteiger partial charge in [0.15, 0.2) is 0 Å². The van der Waals surface area contributed by atoms with Gasteiger partial charge in [0.2, 0.25) is 10.0 Å². The number of anilines is 1. The molecule has 0 unspecified atom stereocenters. The number of benzene rings is 2. The van der Waals surface area contributed by atoms with E-state index in [1.807, 2.05) is 30.3 Å². The number of thioether (sulfide) groups is 1. The minimum Gasteiger partial charge on any atom is -0.497 e. The number of carbonyl (C=O) groups excluding carboxylic acids is 1. The molecule has 1 aliphatic rings. The Morgan fingerprint density at radius 3 is 2.50 bits per heavy atom. The number of sulfonamides is 1. The molecule has 2 aromatic rings. The third-order valence-corrected chi connectivity index (χ3v) is 6.47. The molecule has 28 heavy (non-hydrogen) atoms. The van der Waals surface area contributed by atoms with Crippen LogP contribution in [-0.2, 0) is 14.8 Å². The van der Waals surface area contributed by atoms with Crippen LogP contribution in [0.4, 0.5) is 5.69 Å². The highest BCUT2D eigenvalue weighted by molar-refractivity contribution is 7.99. The SMILES string of the molecule is COc1ccc([C@H]2Sc3ccccc3N(CCNS(C)(=O)=O)C(=O)[C@H]2O)cc1. The lowest BCUT2D eigenvalue weighted by molar-refractivity contribution is -0.126. The first-order chi connectivity index (χ1) is 13.3. The second-order valence-corrected chi connectivity index (χ2v) is 9.40. The van der Waals surface area contributed by atoms with Crippen molar-refractivity contribution in [3.63, 3.8) is 0 Å². The van der Waals surface area contributed by atoms with Gasteiger partial charge < -0.3 is 14.7 Å². The summed E-state index contributed by atoms with van der Waals surface area (Å²) in [6.45, 7) is 0.180. The van der Waals surface area contributed by atoms with Crippen LogP contribution in [0.2, 0.25) is 0 Å². The van der Waals surface area contributed by atoms with Crippen molar-refractivity contribution in [2.75, 3.05) is 31.4 Å². The topological polar surface area (TPSA) is 95.9 Å². The van der Waals surface area contributed by atoms with Crippen LogP contribution >= 0.6 is 11.8 Å². The number of aliphatic hydroxyl groups excluding tert-OH is 1. The van der Waals surface area contributed by atoms with Gasteiger partial charge >= 0.3 is 0 Å². The van der Waals surface area contributed by atoms with Gasteiger partial charge in [0, 0.05) is 18.0 Å². The molecule has 1 amide bonds. The van der Waals surface area contributed by atoms with Gasteiger partial charge in [0.1, 0.15) is 11.9 Å². The maximum absolute atomic E-state index is 13.0. The second-order valence-electron chi connectivity index (χ2n) is 6.38. The van der Waals surface area contributed by atoms with Crippen molar-refractivity contribution in [1.29, 1.82) is 0 Å². The average Bonchev–Trinajstić information content (AvgIpc) is 2.77. The molecule has 3 rings (SSSR count). The smallest absolute Gasteiger partial charge is 0.257 e. The summed E-state index contributed by atoms with van der Waals surface area (Å²) in [4.78, 5) is 15.3. The van der Waals surface area contributed by atoms with E-state index in [4.69, 9.17) is 4.74 Å². The summed E-state index contributed by atoms with van der Waals surface area (Å²) in [6.07, 6.45) is -0.209. The van der Waals surface area contributed by atoms with E-state index >= 15 is 0 Å². The van der Waals surface area contributed by atoms with E-state index < -0.39 is 27.3 Å². The van der Waals surface area contributed by atoms with Gasteiger partial charge in [-0.15, -0.1) is 11.8 Å². The minimum absolute atomic E-state index is 0.0590. The highest BCUT2D eigenvalue weighted by Crippen LogP contribution is 2.45. The Hall–Kier alpha value is -2.07. The fourth-order valence-corrected chi connectivity index (χ4v) is 4.74. The summed E-state index contributed by atoms with van der Waals surface area (Å²) in [5.41, 5.74) is 1.46. The van der Waals surface area contributed by atoms with E-state index in [9.17, 15) is 18.3 Å². The van der Waals surface area contributed by atoms with Gasteiger partial charge in [-0.2, -0.15) is 0 Å². The maximum Gasteiger partial charge on any atom is 0.257 e. The molecule has 9 heteroatoms. The molecule has 2 N–H and O–H groups in total. The molecule has 1 aliphatic heterocycles. The molecule has 0 aromatic heterocycles. The van der Waals surface area contributed by atoms with Crippen molar-refractivity contribution >= 4 is 33.4 Å². The summed E-state index contributed by atoms with van der Waals surface area (Å²) in [6, 6.07) is 14.6. The summed E-state index contributed by atoms with van der Waals surface area (Å²) < 4.78 is 30.2. The van der Waals surface area contributed by atoms with Gasteiger partial charge in [0.25, 0.3) is 5.91 Å². The summed E-state index contributed by atoms with van der Waals surface area (Å²) in [5, 5.41) is 10.3. The molecule has 7 nitrogen and oxygen atoms in total. The Bertz CT molecular complexity index is 947. The largest absolute Gasteiger partial charge is 0.497 e. The summed E-state index contributed by atoms with van der Waals surface area (Å²) >= 11 is 1.41. The van der Waals surface area contributed by atoms with Crippen LogP contribution in [0.25, 0.3) is 0 Å². The van der Waals surface area contributed by atoms with Crippen molar-refractivity contribution in [3.05, 3.63) is 54.1 Å². The number of hydrogen-bond donors (Lipinski definition) is 2. The second kappa shape index (κ2) is 8.52. The van der Waals surface area contributed by atoms with Crippen LogP contribution in [0.1, 0.15) is 10.8 Å². The maximum atomic E-state index is 13.0. The quantitative estimate of drug-likeness (QED) is 0.737. The molecule has 0 spiro atoms. The first kappa shape index (κ1) is 20.7. The number of aliphatic hydroxyl groups is 1. The zero-order valence-electron chi connectivity index (χ0n) is 15.5. The number of rotatable bonds is 6. The van der Waals surface area contributed by atoms with Gasteiger partial charge in [-0.25, -0.2) is 13.1 Å². The zero-order valence-corrected chi connectivity index (χ0v) is 17.2. The van der Waals surface area contributed by atoms with Crippen molar-refractivity contribution in [2.24, 2.45) is 0 Å². The number of carbonyl (C=O) groups is 1. The lowest BCUT2D eigenvalue weighted by atomic mass is 10.1. The molecule has 1 heterocycles. The van der Waals surface area contributed by atoms with Crippen molar-refractivity contribution in [2.45, 2.75) is 16.2 Å². The number of amides is 1. The molecule has 0 fully saturated rings. The standard InChI is InChI=1S/C19H22N2O5S2/c1-26-14-9-7-13(8-10-14)18-17(22)19(23)21(12-11-20-28(2,24)25)15-5-3-4-6-16(15)27-18/h3-10,17-18,20,22H,11-12H2,1-2H3/t17-,18+/m0/s1. The fourth-order valence-electron chi connectivity index (χ4n) is 3.01. The molecule has 0 radical (unpaired) electrons. The van der Waals surface area contributed by atoms with E-state index in [1.165, 1.54) is 16.7 Å². The van der Waals surface area contributed by atoms with Crippen LogP contribution in [0.5, 0.6) is 5.75 Å². The van der Waals surface area contributed by atoms with Gasteiger partial charge in [0.05, 0.1) is 24.3 Å². The van der Waals surface area contributed by atoms with Crippen molar-refractivity contribution < 1.29 is 23.1 Å². The normalized spacial score (nSPS) is 19.8. The number of hydrogen-bond acceptors (Lipinski definition) is 6. The Balaban J connectivity index is 1.92. The van der Waals surface area contributed by atoms with Crippen LogP contribution in [-0.4, -0.2) is 52.0 Å². The predicted molar refractivity (Wildman–Crippen MR) is 109 cm³/mol. The first-order valence-electron chi connectivity index (χ1n) is 8.64. The molecular formula is C19H22N2O5S2. The Morgan fingerprint density at radius 1 is 1.18 bits per heavy atom. The molecule has 2 atom stereocenters. The van der Waals surface area contributed by atoms with Crippen LogP contribution in [0.3, 0.4) is 0 Å². The number of para-hydroxylation sites is 1. The fraction of sp³-hybridized carbons (Fsp3) is 0.316. The first-order valence-corrected chi connectivity index (χ1v) is 11.4. The monoisotopic (exact) mass is 422 g/mol. The lowest BCUT2D eigenvalue weighted by Crippen LogP contribution is -2.44. The highest BCUT2D eigenvalue weighted by Gasteiger charge is 2.37. The van der Waals surface area contributed by atoms with E-state index in [0.29, 0.717) is 11.4 Å². The molecule has 0 bridgehead atoms. The molecule has 0 saturated heterocycles. The molecular weight excluding hydrogens is 400 g/mol. The number of methoxy groups -OCH3 is 1. The van der Waals surface area contributed by atoms with E-state index in [-0.39, 0.29) is 13.1 Å². The van der Waals surface area contributed by atoms with Gasteiger partial charge in [-0.1, -0.05) is 24.3 Å². The van der Waals surface area contributed by atoms with E-state index in [1.54, 1.807) is 25.3 Å². The van der Waals surface area contributed by atoms with Crippen LogP contribution in [0, 0.1) is 0 Å². The highest BCUT2D eigenvalue weighted by atomic mass is 32.2. The third-order valence-electron chi connectivity index (χ3n) is 4.36. The van der Waals surface area contributed by atoms with E-state index in [0.717, 1.165) is 16.7 Å². The Morgan fingerprint density at radius 2 is 1.86 bits per heavy atom. The number of ether oxygens (including phenoxy) is 1. The third kappa shape index (κ3) is 4.67. The Labute approximate surface area is 168 Å². The van der Waals surface area contributed by atoms with Gasteiger partial charge in [-0.05, 0) is 29.8 Å². The number of fused-ring (bicyclic) bond motifs is 1.